The fourth-order valence-corrected chi connectivity index (χ4v) is 11.6. The third-order valence-corrected chi connectivity index (χ3v) is 16.6. The largest absolute Gasteiger partial charge is 1.00 e. The molecule has 3 saturated heterocycles. The van der Waals surface area contributed by atoms with Crippen LogP contribution >= 0.6 is 23.7 Å². The number of aromatic hydroxyl groups is 1. The van der Waals surface area contributed by atoms with Crippen LogP contribution in [-0.2, 0) is 49.4 Å². The molecule has 89 heavy (non-hydrogen) atoms. The number of carbonyl (C=O) groups is 8. The number of hydrogen-bond donors (Lipinski definition) is 13. The molecule has 7 rings (SSSR count). The first-order valence-electron chi connectivity index (χ1n) is 28.4. The van der Waals surface area contributed by atoms with E-state index < -0.39 is 177 Å². The second kappa shape index (κ2) is 33.5. The van der Waals surface area contributed by atoms with Crippen LogP contribution in [0.25, 0.3) is 21.0 Å². The zero-order chi connectivity index (χ0) is 63.9. The van der Waals surface area contributed by atoms with Gasteiger partial charge in [-0.2, -0.15) is 0 Å². The summed E-state index contributed by atoms with van der Waals surface area (Å²) < 4.78 is 15.0. The van der Waals surface area contributed by atoms with Crippen molar-refractivity contribution in [3.8, 4) is 38.3 Å². The van der Waals surface area contributed by atoms with Crippen molar-refractivity contribution in [3.63, 3.8) is 0 Å². The number of phenolic OH excluding ortho intramolecular Hbond substituents is 1. The number of fused-ring (bicyclic) bond motifs is 2. The number of hydrogen-bond acceptors (Lipinski definition) is 23. The maximum absolute atomic E-state index is 14.7. The molecule has 3 aliphatic rings. The fraction of sp³-hybridized carbons (Fsp3) is 0.491. The van der Waals surface area contributed by atoms with Crippen LogP contribution in [-0.4, -0.2) is 197 Å². The van der Waals surface area contributed by atoms with Crippen LogP contribution in [0.4, 0.5) is 0 Å². The van der Waals surface area contributed by atoms with Gasteiger partial charge in [-0.25, -0.2) is 4.98 Å². The van der Waals surface area contributed by atoms with Crippen LogP contribution in [0.1, 0.15) is 81.6 Å². The second-order valence-corrected chi connectivity index (χ2v) is 23.3. The monoisotopic (exact) mass is 1290 g/mol. The molecule has 13 unspecified atom stereocenters. The second-order valence-electron chi connectivity index (χ2n) is 21.8. The first-order chi connectivity index (χ1) is 42.0. The summed E-state index contributed by atoms with van der Waals surface area (Å²) in [5, 5.41) is 105. The molecule has 3 aromatic carbocycles. The van der Waals surface area contributed by atoms with Crippen molar-refractivity contribution in [2.24, 2.45) is 11.7 Å². The number of β-amino-alcohol motifs (C(OH)–C–C–N with tert-alkyl or cyclic N) is 1. The Labute approximate surface area is 541 Å². The Bertz CT molecular complexity index is 3100. The minimum absolute atomic E-state index is 0. The predicted octanol–water partition coefficient (Wildman–Crippen LogP) is -4.86. The first-order valence-corrected chi connectivity index (χ1v) is 29.8. The van der Waals surface area contributed by atoms with E-state index in [1.165, 1.54) is 36.5 Å². The Kier molecular flexibility index (Phi) is 26.9. The zero-order valence-electron chi connectivity index (χ0n) is 49.1. The molecule has 0 spiro atoms. The van der Waals surface area contributed by atoms with E-state index in [0.29, 0.717) is 17.2 Å². The van der Waals surface area contributed by atoms with E-state index in [4.69, 9.17) is 14.7 Å². The summed E-state index contributed by atoms with van der Waals surface area (Å²) in [6.07, 6.45) is -7.57. The molecular weight excluding hydrogens is 1220 g/mol. The summed E-state index contributed by atoms with van der Waals surface area (Å²) in [6.45, 7) is 3.64. The molecule has 29 nitrogen and oxygen atoms in total. The summed E-state index contributed by atoms with van der Waals surface area (Å²) in [5.41, 5.74) is 7.05. The number of aliphatic hydroxyl groups excluding tert-OH is 6. The standard InChI is InChI=1S/C57H73N9O20S2.Na/c1-4-5-6-7-18-83-36-15-13-31(14-16-36)43-25-60-55(87-43)33-11-9-32(10-12-33)50(75)61-37-21-34(68)24-59-54(79)48-49(74)28(2)26-66(48)57(81)47(41(72)23-44(58)73)64-53(78)46(40(71)19-30-8-17-39(70)42(20-30)84-88-86-85-82)63-52(77)38-22-35(69)27-65(38)56(80)45(29(3)67)62-51(37)76;/h8-17,20,25,28-29,34-35,37-38,40-41,45-49,67-72,74,82H,4-7,18-19,21-24,26-27H2,1-3H3,(H2,58,73)(H,59,79)(H,61,75)(H,62,76)(H,63,77)(H,64,78);/q;+1/p-1. The van der Waals surface area contributed by atoms with Crippen molar-refractivity contribution in [2.75, 3.05) is 26.2 Å². The number of ether oxygens (including phenoxy) is 1. The van der Waals surface area contributed by atoms with Gasteiger partial charge in [0.15, 0.2) is 11.5 Å². The predicted molar refractivity (Wildman–Crippen MR) is 310 cm³/mol. The normalized spacial score (nSPS) is 24.9. The Morgan fingerprint density at radius 1 is 0.820 bits per heavy atom. The van der Waals surface area contributed by atoms with Gasteiger partial charge in [0.05, 0.1) is 54.5 Å². The van der Waals surface area contributed by atoms with E-state index in [2.05, 4.69) is 47.9 Å². The topological polar surface area (TPSA) is 444 Å². The maximum Gasteiger partial charge on any atom is 1.00 e. The molecule has 0 saturated carbocycles. The Morgan fingerprint density at radius 3 is 2.17 bits per heavy atom. The molecule has 0 radical (unpaired) electrons. The Balaban J connectivity index is 0.0000126. The molecule has 3 fully saturated rings. The van der Waals surface area contributed by atoms with E-state index in [-0.39, 0.29) is 58.8 Å². The maximum atomic E-state index is 14.7. The molecule has 0 aliphatic carbocycles. The number of nitrogens with zero attached hydrogens (tertiary/aromatic N) is 3. The van der Waals surface area contributed by atoms with E-state index in [9.17, 15) is 79.4 Å². The number of aromatic nitrogens is 1. The van der Waals surface area contributed by atoms with Gasteiger partial charge >= 0.3 is 29.6 Å². The number of primary amides is 1. The summed E-state index contributed by atoms with van der Waals surface area (Å²) >= 11 is 1.40. The molecule has 0 bridgehead atoms. The molecule has 4 aromatic rings. The number of nitrogens with one attached hydrogen (secondary N) is 5. The number of thiazole rings is 1. The van der Waals surface area contributed by atoms with Crippen LogP contribution in [0.3, 0.4) is 0 Å². The summed E-state index contributed by atoms with van der Waals surface area (Å²) in [6, 6.07) is 5.61. The molecule has 13 atom stereocenters. The van der Waals surface area contributed by atoms with Crippen molar-refractivity contribution in [3.05, 3.63) is 84.1 Å². The van der Waals surface area contributed by atoms with Gasteiger partial charge in [0.2, 0.25) is 41.4 Å². The minimum Gasteiger partial charge on any atom is -0.691 e. The van der Waals surface area contributed by atoms with Crippen molar-refractivity contribution in [1.82, 2.24) is 41.4 Å². The van der Waals surface area contributed by atoms with Crippen molar-refractivity contribution in [2.45, 2.75) is 145 Å². The number of phenols is 1. The average molecular weight is 1290 g/mol. The molecule has 478 valence electrons. The summed E-state index contributed by atoms with van der Waals surface area (Å²) in [4.78, 5) is 120. The van der Waals surface area contributed by atoms with Gasteiger partial charge in [0.25, 0.3) is 18.2 Å². The van der Waals surface area contributed by atoms with Crippen LogP contribution < -0.4 is 76.1 Å². The number of carbonyl (C=O) groups excluding carboxylic acids is 8. The van der Waals surface area contributed by atoms with E-state index in [0.717, 1.165) is 70.7 Å². The Hall–Kier alpha value is -6.56. The summed E-state index contributed by atoms with van der Waals surface area (Å²) in [5.74, 6) is -10.4. The SMILES string of the molecule is CCCCCCOc1ccc(-c2cnc(-c3ccc(C(=O)NC4CC(O)CNC(=O)C5C(O)C(C)CN5C(=O)C(C(O)CC(N)=O)NC(=O)C(C(O)Cc5ccc(O)c(OSOO[O-])c5)NC(=O)C5CC(O)CN5C(=O)C(C(C)O)NC4=O)cc3)s2)cc1.[Na+]. The van der Waals surface area contributed by atoms with Crippen LogP contribution in [0.5, 0.6) is 17.2 Å². The van der Waals surface area contributed by atoms with Gasteiger partial charge in [0.1, 0.15) is 47.0 Å². The zero-order valence-corrected chi connectivity index (χ0v) is 52.7. The number of unbranched alkanes of at least 4 members (excludes halogenated alkanes) is 3. The number of amides is 8. The van der Waals surface area contributed by atoms with E-state index in [1.54, 1.807) is 18.3 Å². The van der Waals surface area contributed by atoms with Crippen LogP contribution in [0, 0.1) is 5.92 Å². The third kappa shape index (κ3) is 19.0. The fourth-order valence-electron chi connectivity index (χ4n) is 10.4. The van der Waals surface area contributed by atoms with E-state index in [1.807, 2.05) is 24.3 Å². The van der Waals surface area contributed by atoms with Crippen molar-refractivity contribution >= 4 is 70.9 Å². The van der Waals surface area contributed by atoms with E-state index >= 15 is 0 Å². The molecule has 4 heterocycles. The van der Waals surface area contributed by atoms with Gasteiger partial charge in [-0.05, 0) is 73.0 Å². The quantitative estimate of drug-likeness (QED) is 0.0122. The minimum atomic E-state index is -2.22. The van der Waals surface area contributed by atoms with Gasteiger partial charge in [0, 0.05) is 62.1 Å². The number of nitrogens with two attached hydrogens (primary N) is 1. The number of benzene rings is 3. The molecule has 1 aromatic heterocycles. The molecule has 3 aliphatic heterocycles. The smallest absolute Gasteiger partial charge is 0.691 e. The Morgan fingerprint density at radius 2 is 1.49 bits per heavy atom. The first kappa shape index (κ1) is 71.5. The molecular formula is C57H72N9NaO20S2. The average Bonchev–Trinajstić information content (AvgIpc) is 3.18. The molecule has 8 amide bonds. The van der Waals surface area contributed by atoms with Crippen molar-refractivity contribution in [1.29, 1.82) is 0 Å². The van der Waals surface area contributed by atoms with Crippen molar-refractivity contribution < 1.29 is 127 Å². The van der Waals surface area contributed by atoms with Crippen LogP contribution in [0.15, 0.2) is 72.9 Å². The van der Waals surface area contributed by atoms with Gasteiger partial charge in [-0.1, -0.05) is 51.3 Å². The molecule has 14 N–H and O–H groups in total. The summed E-state index contributed by atoms with van der Waals surface area (Å²) in [7, 11) is 0. The number of rotatable bonds is 21. The van der Waals surface area contributed by atoms with Gasteiger partial charge in [-0.15, -0.1) is 15.7 Å². The van der Waals surface area contributed by atoms with Gasteiger partial charge < -0.3 is 92.0 Å². The van der Waals surface area contributed by atoms with Crippen LogP contribution in [0.2, 0.25) is 0 Å². The molecule has 32 heteroatoms. The van der Waals surface area contributed by atoms with Gasteiger partial charge in [-0.3, -0.25) is 43.4 Å². The number of aliphatic hydroxyl groups is 6. The third-order valence-electron chi connectivity index (χ3n) is 15.1.